The van der Waals surface area contributed by atoms with Gasteiger partial charge in [0.1, 0.15) is 17.4 Å². The van der Waals surface area contributed by atoms with E-state index in [4.69, 9.17) is 5.26 Å². The number of rotatable bonds is 2. The van der Waals surface area contributed by atoms with Gasteiger partial charge in [0.2, 0.25) is 0 Å². The molecule has 0 aliphatic carbocycles. The summed E-state index contributed by atoms with van der Waals surface area (Å²) in [6.45, 7) is -0.0447. The standard InChI is InChI=1S/C12H8FN3O2/c13-10-4-2-1-3-8(10)6-16-7-9(5-14)11(17)15-12(16)18/h1-4,7H,6H2,(H,15,17,18). The fourth-order valence-electron chi connectivity index (χ4n) is 1.52. The van der Waals surface area contributed by atoms with Crippen molar-refractivity contribution in [3.63, 3.8) is 0 Å². The Labute approximate surface area is 101 Å². The van der Waals surface area contributed by atoms with Crippen molar-refractivity contribution in [2.45, 2.75) is 6.54 Å². The number of halogens is 1. The summed E-state index contributed by atoms with van der Waals surface area (Å²) in [5.74, 6) is -0.450. The van der Waals surface area contributed by atoms with Crippen molar-refractivity contribution in [1.82, 2.24) is 9.55 Å². The molecule has 1 N–H and O–H groups in total. The summed E-state index contributed by atoms with van der Waals surface area (Å²) < 4.78 is 14.5. The van der Waals surface area contributed by atoms with E-state index < -0.39 is 17.1 Å². The summed E-state index contributed by atoms with van der Waals surface area (Å²) in [7, 11) is 0. The Bertz CT molecular complexity index is 740. The van der Waals surface area contributed by atoms with Crippen LogP contribution in [0, 0.1) is 17.1 Å². The summed E-state index contributed by atoms with van der Waals surface area (Å²) in [6.07, 6.45) is 1.12. The highest BCUT2D eigenvalue weighted by molar-refractivity contribution is 5.23. The molecule has 6 heteroatoms. The molecule has 0 saturated carbocycles. The smallest absolute Gasteiger partial charge is 0.295 e. The van der Waals surface area contributed by atoms with E-state index in [1.807, 2.05) is 4.98 Å². The van der Waals surface area contributed by atoms with Crippen molar-refractivity contribution in [2.24, 2.45) is 0 Å². The number of hydrogen-bond acceptors (Lipinski definition) is 3. The first kappa shape index (κ1) is 11.8. The molecule has 0 unspecified atom stereocenters. The van der Waals surface area contributed by atoms with Crippen LogP contribution in [0.3, 0.4) is 0 Å². The van der Waals surface area contributed by atoms with Crippen molar-refractivity contribution in [2.75, 3.05) is 0 Å². The van der Waals surface area contributed by atoms with E-state index in [0.717, 1.165) is 10.8 Å². The van der Waals surface area contributed by atoms with Gasteiger partial charge in [0.15, 0.2) is 0 Å². The lowest BCUT2D eigenvalue weighted by Gasteiger charge is -2.06. The zero-order valence-electron chi connectivity index (χ0n) is 9.18. The topological polar surface area (TPSA) is 78.7 Å². The Morgan fingerprint density at radius 3 is 2.72 bits per heavy atom. The van der Waals surface area contributed by atoms with Crippen LogP contribution in [-0.2, 0) is 6.54 Å². The van der Waals surface area contributed by atoms with E-state index in [0.29, 0.717) is 5.56 Å². The maximum atomic E-state index is 13.4. The number of nitrogens with zero attached hydrogens (tertiary/aromatic N) is 2. The average Bonchev–Trinajstić information content (AvgIpc) is 2.35. The van der Waals surface area contributed by atoms with E-state index in [-0.39, 0.29) is 12.1 Å². The molecule has 90 valence electrons. The third-order valence-corrected chi connectivity index (χ3v) is 2.43. The average molecular weight is 245 g/mol. The largest absolute Gasteiger partial charge is 0.328 e. The van der Waals surface area contributed by atoms with Crippen LogP contribution in [0.2, 0.25) is 0 Å². The Morgan fingerprint density at radius 2 is 2.06 bits per heavy atom. The minimum absolute atomic E-state index is 0.0447. The molecule has 0 saturated heterocycles. The van der Waals surface area contributed by atoms with E-state index in [1.54, 1.807) is 12.1 Å². The summed E-state index contributed by atoms with van der Waals surface area (Å²) >= 11 is 0. The molecular formula is C12H8FN3O2. The number of nitrogens with one attached hydrogen (secondary N) is 1. The fourth-order valence-corrected chi connectivity index (χ4v) is 1.52. The van der Waals surface area contributed by atoms with Crippen LogP contribution in [0.5, 0.6) is 0 Å². The van der Waals surface area contributed by atoms with Crippen molar-refractivity contribution in [3.8, 4) is 6.07 Å². The Hall–Kier alpha value is -2.68. The SMILES string of the molecule is N#Cc1cn(Cc2ccccc2F)c(=O)[nH]c1=O. The number of aromatic nitrogens is 2. The van der Waals surface area contributed by atoms with Gasteiger partial charge in [-0.2, -0.15) is 5.26 Å². The van der Waals surface area contributed by atoms with Gasteiger partial charge in [-0.1, -0.05) is 18.2 Å². The molecule has 0 radical (unpaired) electrons. The maximum absolute atomic E-state index is 13.4. The Kier molecular flexibility index (Phi) is 3.06. The van der Waals surface area contributed by atoms with E-state index in [1.165, 1.54) is 18.2 Å². The number of nitriles is 1. The lowest BCUT2D eigenvalue weighted by Crippen LogP contribution is -2.31. The normalized spacial score (nSPS) is 10.0. The van der Waals surface area contributed by atoms with Gasteiger partial charge < -0.3 is 0 Å². The zero-order valence-corrected chi connectivity index (χ0v) is 9.18. The number of aromatic amines is 1. The third-order valence-electron chi connectivity index (χ3n) is 2.43. The third kappa shape index (κ3) is 2.20. The molecule has 0 atom stereocenters. The second kappa shape index (κ2) is 4.67. The maximum Gasteiger partial charge on any atom is 0.328 e. The summed E-state index contributed by atoms with van der Waals surface area (Å²) in [6, 6.07) is 7.64. The van der Waals surface area contributed by atoms with Crippen molar-refractivity contribution in [1.29, 1.82) is 5.26 Å². The lowest BCUT2D eigenvalue weighted by molar-refractivity contribution is 0.592. The molecule has 1 aromatic heterocycles. The molecule has 5 nitrogen and oxygen atoms in total. The van der Waals surface area contributed by atoms with Crippen LogP contribution in [-0.4, -0.2) is 9.55 Å². The molecule has 0 spiro atoms. The van der Waals surface area contributed by atoms with Crippen LogP contribution in [0.4, 0.5) is 4.39 Å². The number of H-pyrrole nitrogens is 1. The van der Waals surface area contributed by atoms with Gasteiger partial charge in [0.25, 0.3) is 5.56 Å². The van der Waals surface area contributed by atoms with Crippen LogP contribution in [0.1, 0.15) is 11.1 Å². The predicted octanol–water partition coefficient (Wildman–Crippen LogP) is 0.596. The Morgan fingerprint density at radius 1 is 1.33 bits per heavy atom. The molecular weight excluding hydrogens is 237 g/mol. The van der Waals surface area contributed by atoms with Gasteiger partial charge in [0, 0.05) is 11.8 Å². The first-order valence-electron chi connectivity index (χ1n) is 5.09. The molecule has 0 fully saturated rings. The predicted molar refractivity (Wildman–Crippen MR) is 61.5 cm³/mol. The van der Waals surface area contributed by atoms with Crippen molar-refractivity contribution < 1.29 is 4.39 Å². The zero-order chi connectivity index (χ0) is 13.1. The quantitative estimate of drug-likeness (QED) is 0.841. The second-order valence-corrected chi connectivity index (χ2v) is 3.63. The number of hydrogen-bond donors (Lipinski definition) is 1. The minimum Gasteiger partial charge on any atom is -0.295 e. The lowest BCUT2D eigenvalue weighted by atomic mass is 10.2. The monoisotopic (exact) mass is 245 g/mol. The van der Waals surface area contributed by atoms with Gasteiger partial charge >= 0.3 is 5.69 Å². The molecule has 18 heavy (non-hydrogen) atoms. The van der Waals surface area contributed by atoms with E-state index in [2.05, 4.69) is 0 Å². The molecule has 0 aliphatic heterocycles. The van der Waals surface area contributed by atoms with Gasteiger partial charge in [-0.25, -0.2) is 9.18 Å². The van der Waals surface area contributed by atoms with Crippen LogP contribution < -0.4 is 11.2 Å². The molecule has 1 heterocycles. The fraction of sp³-hybridized carbons (Fsp3) is 0.0833. The molecule has 0 bridgehead atoms. The van der Waals surface area contributed by atoms with E-state index in [9.17, 15) is 14.0 Å². The second-order valence-electron chi connectivity index (χ2n) is 3.63. The van der Waals surface area contributed by atoms with Crippen LogP contribution >= 0.6 is 0 Å². The highest BCUT2D eigenvalue weighted by Gasteiger charge is 2.06. The molecule has 0 amide bonds. The highest BCUT2D eigenvalue weighted by atomic mass is 19.1. The van der Waals surface area contributed by atoms with Crippen LogP contribution in [0.15, 0.2) is 40.1 Å². The number of benzene rings is 1. The summed E-state index contributed by atoms with van der Waals surface area (Å²) in [5, 5.41) is 8.69. The first-order valence-corrected chi connectivity index (χ1v) is 5.09. The highest BCUT2D eigenvalue weighted by Crippen LogP contribution is 2.07. The molecule has 2 rings (SSSR count). The van der Waals surface area contributed by atoms with Crippen molar-refractivity contribution >= 4 is 0 Å². The van der Waals surface area contributed by atoms with Gasteiger partial charge in [-0.15, -0.1) is 0 Å². The van der Waals surface area contributed by atoms with Gasteiger partial charge in [-0.3, -0.25) is 14.3 Å². The molecule has 2 aromatic rings. The Balaban J connectivity index is 2.48. The first-order chi connectivity index (χ1) is 8.61. The molecule has 1 aromatic carbocycles. The summed E-state index contributed by atoms with van der Waals surface area (Å²) in [4.78, 5) is 24.7. The molecule has 0 aliphatic rings. The minimum atomic E-state index is -0.743. The van der Waals surface area contributed by atoms with Gasteiger partial charge in [0.05, 0.1) is 6.54 Å². The van der Waals surface area contributed by atoms with Crippen LogP contribution in [0.25, 0.3) is 0 Å². The van der Waals surface area contributed by atoms with Crippen molar-refractivity contribution in [3.05, 3.63) is 68.2 Å². The van der Waals surface area contributed by atoms with E-state index >= 15 is 0 Å². The van der Waals surface area contributed by atoms with Gasteiger partial charge in [-0.05, 0) is 6.07 Å². The summed E-state index contributed by atoms with van der Waals surface area (Å²) in [5.41, 5.74) is -1.31.